The first kappa shape index (κ1) is 21.1. The smallest absolute Gasteiger partial charge is 0.255 e. The maximum atomic E-state index is 12.5. The number of nitrogens with zero attached hydrogens (tertiary/aromatic N) is 1. The summed E-state index contributed by atoms with van der Waals surface area (Å²) in [6.07, 6.45) is 0. The number of hydrogen-bond donors (Lipinski definition) is 2. The fraction of sp³-hybridized carbons (Fsp3) is 0.261. The Morgan fingerprint density at radius 2 is 1.57 bits per heavy atom. The second kappa shape index (κ2) is 9.26. The molecule has 7 nitrogen and oxygen atoms in total. The Morgan fingerprint density at radius 3 is 2.10 bits per heavy atom. The molecule has 0 radical (unpaired) electrons. The normalized spacial score (nSPS) is 10.7. The molecule has 0 fully saturated rings. The molecule has 0 saturated heterocycles. The van der Waals surface area contributed by atoms with Gasteiger partial charge in [0.25, 0.3) is 5.91 Å². The Labute approximate surface area is 175 Å². The summed E-state index contributed by atoms with van der Waals surface area (Å²) < 4.78 is 10.9. The topological polar surface area (TPSA) is 93.5 Å². The van der Waals surface area contributed by atoms with Crippen LogP contribution in [0.4, 0.5) is 11.4 Å². The molecule has 1 aromatic heterocycles. The fourth-order valence-electron chi connectivity index (χ4n) is 2.69. The number of carbonyl (C=O) groups excluding carboxylic acids is 2. The summed E-state index contributed by atoms with van der Waals surface area (Å²) in [4.78, 5) is 24.2. The lowest BCUT2D eigenvalue weighted by Gasteiger charge is -2.10. The zero-order chi connectivity index (χ0) is 21.7. The van der Waals surface area contributed by atoms with Gasteiger partial charge in [0.05, 0.1) is 11.3 Å². The molecular formula is C23H25N3O4. The van der Waals surface area contributed by atoms with E-state index in [2.05, 4.69) is 15.8 Å². The second-order valence-corrected chi connectivity index (χ2v) is 7.29. The summed E-state index contributed by atoms with van der Waals surface area (Å²) in [6.45, 7) is 7.73. The van der Waals surface area contributed by atoms with Gasteiger partial charge in [0.2, 0.25) is 5.91 Å². The molecule has 156 valence electrons. The van der Waals surface area contributed by atoms with Crippen molar-refractivity contribution in [3.05, 3.63) is 71.1 Å². The van der Waals surface area contributed by atoms with Gasteiger partial charge in [-0.15, -0.1) is 0 Å². The molecule has 1 heterocycles. The number of aryl methyl sites for hydroxylation is 2. The molecule has 0 aliphatic heterocycles. The first-order valence-corrected chi connectivity index (χ1v) is 9.70. The molecule has 3 aromatic rings. The quantitative estimate of drug-likeness (QED) is 0.591. The minimum atomic E-state index is -0.230. The molecule has 0 saturated carbocycles. The third-order valence-electron chi connectivity index (χ3n) is 4.62. The lowest BCUT2D eigenvalue weighted by molar-refractivity contribution is -0.118. The molecule has 30 heavy (non-hydrogen) atoms. The van der Waals surface area contributed by atoms with Crippen LogP contribution in [0.1, 0.15) is 41.2 Å². The van der Waals surface area contributed by atoms with Crippen LogP contribution in [0.2, 0.25) is 0 Å². The molecule has 0 aliphatic carbocycles. The van der Waals surface area contributed by atoms with Gasteiger partial charge in [-0.3, -0.25) is 9.59 Å². The molecule has 2 N–H and O–H groups in total. The van der Waals surface area contributed by atoms with Crippen LogP contribution in [-0.2, 0) is 11.4 Å². The van der Waals surface area contributed by atoms with E-state index in [1.807, 2.05) is 27.7 Å². The first-order chi connectivity index (χ1) is 14.3. The number of ether oxygens (including phenoxy) is 1. The summed E-state index contributed by atoms with van der Waals surface area (Å²) in [7, 11) is 0. The average Bonchev–Trinajstić information content (AvgIpc) is 3.05. The lowest BCUT2D eigenvalue weighted by atomic mass is 10.2. The third-order valence-corrected chi connectivity index (χ3v) is 4.62. The number of aromatic nitrogens is 1. The highest BCUT2D eigenvalue weighted by Gasteiger charge is 2.11. The van der Waals surface area contributed by atoms with Crippen molar-refractivity contribution >= 4 is 23.2 Å². The molecular weight excluding hydrogens is 382 g/mol. The van der Waals surface area contributed by atoms with E-state index in [0.717, 1.165) is 17.0 Å². The maximum absolute atomic E-state index is 12.5. The van der Waals surface area contributed by atoms with E-state index in [1.54, 1.807) is 48.5 Å². The number of hydrogen-bond acceptors (Lipinski definition) is 5. The van der Waals surface area contributed by atoms with Gasteiger partial charge in [-0.05, 0) is 62.4 Å². The number of amides is 2. The molecule has 2 amide bonds. The molecule has 7 heteroatoms. The van der Waals surface area contributed by atoms with E-state index in [9.17, 15) is 9.59 Å². The predicted molar refractivity (Wildman–Crippen MR) is 115 cm³/mol. The first-order valence-electron chi connectivity index (χ1n) is 9.70. The molecule has 0 bridgehead atoms. The number of benzene rings is 2. The van der Waals surface area contributed by atoms with Crippen molar-refractivity contribution in [3.8, 4) is 5.75 Å². The van der Waals surface area contributed by atoms with Crippen LogP contribution < -0.4 is 15.4 Å². The van der Waals surface area contributed by atoms with E-state index in [-0.39, 0.29) is 17.7 Å². The van der Waals surface area contributed by atoms with E-state index in [1.165, 1.54) is 0 Å². The maximum Gasteiger partial charge on any atom is 0.255 e. The van der Waals surface area contributed by atoms with E-state index < -0.39 is 0 Å². The number of carbonyl (C=O) groups is 2. The van der Waals surface area contributed by atoms with E-state index >= 15 is 0 Å². The molecule has 2 aromatic carbocycles. The van der Waals surface area contributed by atoms with Crippen LogP contribution in [-0.4, -0.2) is 17.0 Å². The predicted octanol–water partition coefficient (Wildman–Crippen LogP) is 4.72. The van der Waals surface area contributed by atoms with Crippen LogP contribution in [0.5, 0.6) is 5.75 Å². The minimum absolute atomic E-state index is 0.0524. The summed E-state index contributed by atoms with van der Waals surface area (Å²) in [5.74, 6) is 1.01. The number of anilines is 2. The SMILES string of the molecule is Cc1noc(C)c1COc1ccc(C(=O)Nc2ccc(NC(=O)C(C)C)cc2)cc1. The zero-order valence-electron chi connectivity index (χ0n) is 17.5. The highest BCUT2D eigenvalue weighted by atomic mass is 16.5. The molecule has 0 aliphatic rings. The van der Waals surface area contributed by atoms with Crippen molar-refractivity contribution in [1.29, 1.82) is 0 Å². The van der Waals surface area contributed by atoms with Gasteiger partial charge < -0.3 is 19.9 Å². The second-order valence-electron chi connectivity index (χ2n) is 7.29. The Hall–Kier alpha value is -3.61. The summed E-state index contributed by atoms with van der Waals surface area (Å²) in [5.41, 5.74) is 3.56. The van der Waals surface area contributed by atoms with Crippen molar-refractivity contribution in [2.45, 2.75) is 34.3 Å². The number of rotatable bonds is 7. The van der Waals surface area contributed by atoms with Gasteiger partial charge in [0, 0.05) is 22.9 Å². The Balaban J connectivity index is 1.56. The highest BCUT2D eigenvalue weighted by Crippen LogP contribution is 2.19. The van der Waals surface area contributed by atoms with Crippen LogP contribution in [0.25, 0.3) is 0 Å². The minimum Gasteiger partial charge on any atom is -0.489 e. The molecule has 0 spiro atoms. The Kier molecular flexibility index (Phi) is 6.51. The Morgan fingerprint density at radius 1 is 0.967 bits per heavy atom. The van der Waals surface area contributed by atoms with Crippen molar-refractivity contribution < 1.29 is 18.8 Å². The fourth-order valence-corrected chi connectivity index (χ4v) is 2.69. The standard InChI is InChI=1S/C23H25N3O4/c1-14(2)22(27)24-18-7-9-19(10-8-18)25-23(28)17-5-11-20(12-6-17)29-13-21-15(3)26-30-16(21)4/h5-12,14H,13H2,1-4H3,(H,24,27)(H,25,28). The van der Waals surface area contributed by atoms with Crippen molar-refractivity contribution in [3.63, 3.8) is 0 Å². The van der Waals surface area contributed by atoms with Crippen molar-refractivity contribution in [2.24, 2.45) is 5.92 Å². The van der Waals surface area contributed by atoms with Gasteiger partial charge in [0.15, 0.2) is 0 Å². The molecule has 0 atom stereocenters. The summed E-state index contributed by atoms with van der Waals surface area (Å²) in [5, 5.41) is 9.55. The van der Waals surface area contributed by atoms with Crippen LogP contribution in [0.15, 0.2) is 53.1 Å². The number of nitrogens with one attached hydrogen (secondary N) is 2. The zero-order valence-corrected chi connectivity index (χ0v) is 17.5. The average molecular weight is 407 g/mol. The third kappa shape index (κ3) is 5.26. The monoisotopic (exact) mass is 407 g/mol. The van der Waals surface area contributed by atoms with E-state index in [4.69, 9.17) is 9.26 Å². The lowest BCUT2D eigenvalue weighted by Crippen LogP contribution is -2.17. The summed E-state index contributed by atoms with van der Waals surface area (Å²) >= 11 is 0. The van der Waals surface area contributed by atoms with Gasteiger partial charge in [-0.25, -0.2) is 0 Å². The summed E-state index contributed by atoms with van der Waals surface area (Å²) in [6, 6.07) is 13.9. The van der Waals surface area contributed by atoms with Crippen LogP contribution in [0, 0.1) is 19.8 Å². The van der Waals surface area contributed by atoms with Gasteiger partial charge in [-0.2, -0.15) is 0 Å². The molecule has 0 unspecified atom stereocenters. The molecule has 3 rings (SSSR count). The van der Waals surface area contributed by atoms with Crippen molar-refractivity contribution in [1.82, 2.24) is 5.16 Å². The van der Waals surface area contributed by atoms with Gasteiger partial charge >= 0.3 is 0 Å². The van der Waals surface area contributed by atoms with Gasteiger partial charge in [0.1, 0.15) is 18.1 Å². The highest BCUT2D eigenvalue weighted by molar-refractivity contribution is 6.04. The van der Waals surface area contributed by atoms with Gasteiger partial charge in [-0.1, -0.05) is 19.0 Å². The largest absolute Gasteiger partial charge is 0.489 e. The van der Waals surface area contributed by atoms with E-state index in [0.29, 0.717) is 29.3 Å². The van der Waals surface area contributed by atoms with Crippen LogP contribution in [0.3, 0.4) is 0 Å². The Bertz CT molecular complexity index is 1000. The van der Waals surface area contributed by atoms with Crippen LogP contribution >= 0.6 is 0 Å². The van der Waals surface area contributed by atoms with Crippen molar-refractivity contribution in [2.75, 3.05) is 10.6 Å².